The summed E-state index contributed by atoms with van der Waals surface area (Å²) in [6.45, 7) is 4.29. The highest BCUT2D eigenvalue weighted by Gasteiger charge is 2.03. The number of nitrogens with two attached hydrogens (primary N) is 2. The fraction of sp³-hybridized carbons (Fsp3) is 0.875. The average Bonchev–Trinajstić information content (AvgIpc) is 1.87. The first-order valence-corrected chi connectivity index (χ1v) is 4.29. The van der Waals surface area contributed by atoms with Crippen molar-refractivity contribution in [2.24, 2.45) is 16.5 Å². The third kappa shape index (κ3) is 5.70. The van der Waals surface area contributed by atoms with Gasteiger partial charge in [-0.25, -0.2) is 0 Å². The lowest BCUT2D eigenvalue weighted by Crippen LogP contribution is -2.25. The molecule has 0 aromatic rings. The molecule has 0 radical (unpaired) electrons. The molecule has 0 atom stereocenters. The van der Waals surface area contributed by atoms with Gasteiger partial charge < -0.3 is 11.5 Å². The summed E-state index contributed by atoms with van der Waals surface area (Å²) < 4.78 is 0. The van der Waals surface area contributed by atoms with Crippen LogP contribution in [0.3, 0.4) is 0 Å². The zero-order chi connectivity index (χ0) is 8.69. The zero-order valence-electron chi connectivity index (χ0n) is 7.51. The molecule has 3 heteroatoms. The third-order valence-electron chi connectivity index (χ3n) is 1.58. The first-order chi connectivity index (χ1) is 5.20. The van der Waals surface area contributed by atoms with E-state index in [-0.39, 0.29) is 5.96 Å². The van der Waals surface area contributed by atoms with E-state index < -0.39 is 0 Å². The number of nitrogens with zero attached hydrogens (tertiary/aromatic N) is 1. The summed E-state index contributed by atoms with van der Waals surface area (Å²) in [5.41, 5.74) is 10.6. The van der Waals surface area contributed by atoms with Gasteiger partial charge in [-0.05, 0) is 12.8 Å². The van der Waals surface area contributed by atoms with Gasteiger partial charge in [-0.2, -0.15) is 0 Å². The van der Waals surface area contributed by atoms with Crippen molar-refractivity contribution in [2.75, 3.05) is 0 Å². The van der Waals surface area contributed by atoms with E-state index in [1.54, 1.807) is 0 Å². The maximum absolute atomic E-state index is 5.28. The number of guanidine groups is 1. The fourth-order valence-electron chi connectivity index (χ4n) is 1.15. The van der Waals surface area contributed by atoms with Crippen molar-refractivity contribution in [2.45, 2.75) is 45.6 Å². The predicted molar refractivity (Wildman–Crippen MR) is 49.4 cm³/mol. The van der Waals surface area contributed by atoms with Crippen LogP contribution in [-0.2, 0) is 0 Å². The van der Waals surface area contributed by atoms with Gasteiger partial charge in [0.1, 0.15) is 0 Å². The highest BCUT2D eigenvalue weighted by molar-refractivity contribution is 5.75. The van der Waals surface area contributed by atoms with Crippen LogP contribution in [0.5, 0.6) is 0 Å². The van der Waals surface area contributed by atoms with Crippen LogP contribution in [0.15, 0.2) is 4.99 Å². The van der Waals surface area contributed by atoms with E-state index in [1.165, 1.54) is 0 Å². The van der Waals surface area contributed by atoms with Crippen molar-refractivity contribution < 1.29 is 0 Å². The van der Waals surface area contributed by atoms with Gasteiger partial charge in [0.25, 0.3) is 0 Å². The van der Waals surface area contributed by atoms with Gasteiger partial charge in [0.05, 0.1) is 6.04 Å². The largest absolute Gasteiger partial charge is 0.370 e. The summed E-state index contributed by atoms with van der Waals surface area (Å²) in [5.74, 6) is 0.219. The van der Waals surface area contributed by atoms with Gasteiger partial charge in [-0.15, -0.1) is 0 Å². The topological polar surface area (TPSA) is 64.4 Å². The van der Waals surface area contributed by atoms with Gasteiger partial charge in [-0.1, -0.05) is 26.7 Å². The van der Waals surface area contributed by atoms with E-state index in [1.807, 2.05) is 0 Å². The molecule has 66 valence electrons. The van der Waals surface area contributed by atoms with Crippen LogP contribution in [-0.4, -0.2) is 12.0 Å². The molecular formula is C8H19N3. The van der Waals surface area contributed by atoms with E-state index in [2.05, 4.69) is 18.8 Å². The van der Waals surface area contributed by atoms with Gasteiger partial charge >= 0.3 is 0 Å². The normalized spacial score (nSPS) is 10.1. The van der Waals surface area contributed by atoms with Crippen molar-refractivity contribution in [3.8, 4) is 0 Å². The third-order valence-corrected chi connectivity index (χ3v) is 1.58. The number of hydrogen-bond donors (Lipinski definition) is 2. The first kappa shape index (κ1) is 10.3. The molecule has 0 aliphatic rings. The Bertz CT molecular complexity index is 111. The lowest BCUT2D eigenvalue weighted by atomic mass is 10.1. The van der Waals surface area contributed by atoms with Gasteiger partial charge in [0.15, 0.2) is 5.96 Å². The molecule has 0 aliphatic carbocycles. The first-order valence-electron chi connectivity index (χ1n) is 4.29. The summed E-state index contributed by atoms with van der Waals surface area (Å²) in [5, 5.41) is 0. The van der Waals surface area contributed by atoms with Crippen LogP contribution in [0.4, 0.5) is 0 Å². The van der Waals surface area contributed by atoms with Crippen LogP contribution >= 0.6 is 0 Å². The second-order valence-electron chi connectivity index (χ2n) is 2.79. The predicted octanol–water partition coefficient (Wildman–Crippen LogP) is 1.23. The molecule has 0 heterocycles. The summed E-state index contributed by atoms with van der Waals surface area (Å²) in [6, 6.07) is 0.343. The maximum atomic E-state index is 5.28. The molecule has 0 aliphatic heterocycles. The molecule has 0 spiro atoms. The second kappa shape index (κ2) is 6.01. The van der Waals surface area contributed by atoms with E-state index in [0.29, 0.717) is 6.04 Å². The molecule has 0 aromatic heterocycles. The van der Waals surface area contributed by atoms with Crippen molar-refractivity contribution >= 4 is 5.96 Å². The second-order valence-corrected chi connectivity index (χ2v) is 2.79. The van der Waals surface area contributed by atoms with Crippen molar-refractivity contribution in [3.63, 3.8) is 0 Å². The molecule has 0 amide bonds. The lowest BCUT2D eigenvalue weighted by molar-refractivity contribution is 0.555. The van der Waals surface area contributed by atoms with Crippen molar-refractivity contribution in [3.05, 3.63) is 0 Å². The van der Waals surface area contributed by atoms with Crippen LogP contribution in [0.2, 0.25) is 0 Å². The average molecular weight is 157 g/mol. The van der Waals surface area contributed by atoms with Crippen LogP contribution in [0.25, 0.3) is 0 Å². The Morgan fingerprint density at radius 2 is 1.64 bits per heavy atom. The van der Waals surface area contributed by atoms with Gasteiger partial charge in [0, 0.05) is 0 Å². The highest BCUT2D eigenvalue weighted by atomic mass is 15.0. The molecule has 11 heavy (non-hydrogen) atoms. The van der Waals surface area contributed by atoms with E-state index in [0.717, 1.165) is 25.7 Å². The Labute approximate surface area is 68.9 Å². The van der Waals surface area contributed by atoms with Gasteiger partial charge in [-0.3, -0.25) is 4.99 Å². The summed E-state index contributed by atoms with van der Waals surface area (Å²) in [6.07, 6.45) is 4.46. The molecule has 0 fully saturated rings. The van der Waals surface area contributed by atoms with E-state index in [9.17, 15) is 0 Å². The Morgan fingerprint density at radius 1 is 1.18 bits per heavy atom. The van der Waals surface area contributed by atoms with E-state index >= 15 is 0 Å². The standard InChI is InChI=1S/C8H19N3/c1-3-5-7(6-4-2)11-8(9)10/h7H,3-6H2,1-2H3,(H4,9,10,11). The quantitative estimate of drug-likeness (QED) is 0.465. The summed E-state index contributed by atoms with van der Waals surface area (Å²) in [7, 11) is 0. The molecule has 0 saturated heterocycles. The lowest BCUT2D eigenvalue weighted by Gasteiger charge is -2.09. The zero-order valence-corrected chi connectivity index (χ0v) is 7.51. The van der Waals surface area contributed by atoms with Crippen LogP contribution in [0.1, 0.15) is 39.5 Å². The smallest absolute Gasteiger partial charge is 0.186 e. The van der Waals surface area contributed by atoms with Gasteiger partial charge in [0.2, 0.25) is 0 Å². The Morgan fingerprint density at radius 3 is 1.91 bits per heavy atom. The molecule has 3 nitrogen and oxygen atoms in total. The van der Waals surface area contributed by atoms with Crippen molar-refractivity contribution in [1.29, 1.82) is 0 Å². The fourth-order valence-corrected chi connectivity index (χ4v) is 1.15. The molecule has 0 saturated carbocycles. The minimum Gasteiger partial charge on any atom is -0.370 e. The summed E-state index contributed by atoms with van der Waals surface area (Å²) in [4.78, 5) is 4.13. The molecular weight excluding hydrogens is 138 g/mol. The molecule has 4 N–H and O–H groups in total. The number of rotatable bonds is 5. The molecule has 0 rings (SSSR count). The van der Waals surface area contributed by atoms with Crippen molar-refractivity contribution in [1.82, 2.24) is 0 Å². The minimum atomic E-state index is 0.219. The molecule has 0 aromatic carbocycles. The maximum Gasteiger partial charge on any atom is 0.186 e. The number of aliphatic imine (C=N–C) groups is 1. The Kier molecular flexibility index (Phi) is 5.61. The number of hydrogen-bond acceptors (Lipinski definition) is 1. The molecule has 0 bridgehead atoms. The Hall–Kier alpha value is -0.730. The Balaban J connectivity index is 3.78. The highest BCUT2D eigenvalue weighted by Crippen LogP contribution is 2.07. The summed E-state index contributed by atoms with van der Waals surface area (Å²) >= 11 is 0. The SMILES string of the molecule is CCCC(CCC)N=C(N)N. The monoisotopic (exact) mass is 157 g/mol. The minimum absolute atomic E-state index is 0.219. The van der Waals surface area contributed by atoms with E-state index in [4.69, 9.17) is 11.5 Å². The molecule has 0 unspecified atom stereocenters. The van der Waals surface area contributed by atoms with Crippen LogP contribution < -0.4 is 11.5 Å². The van der Waals surface area contributed by atoms with Crippen LogP contribution in [0, 0.1) is 0 Å².